The lowest BCUT2D eigenvalue weighted by atomic mass is 9.67. The molecule has 0 radical (unpaired) electrons. The van der Waals surface area contributed by atoms with Gasteiger partial charge in [0.2, 0.25) is 0 Å². The van der Waals surface area contributed by atoms with E-state index in [1.807, 2.05) is 35.1 Å². The van der Waals surface area contributed by atoms with Gasteiger partial charge in [-0.15, -0.1) is 0 Å². The zero-order chi connectivity index (χ0) is 23.9. The van der Waals surface area contributed by atoms with E-state index in [2.05, 4.69) is 29.9 Å². The van der Waals surface area contributed by atoms with Gasteiger partial charge in [-0.3, -0.25) is 4.79 Å². The Bertz CT molecular complexity index is 1360. The van der Waals surface area contributed by atoms with Crippen molar-refractivity contribution in [2.45, 2.75) is 38.2 Å². The fraction of sp³-hybridized carbons (Fsp3) is 0.286. The molecule has 6 heteroatoms. The Morgan fingerprint density at radius 1 is 1.24 bits per heavy atom. The molecular weight excluding hydrogens is 431 g/mol. The van der Waals surface area contributed by atoms with Crippen LogP contribution in [0.3, 0.4) is 0 Å². The first-order chi connectivity index (χ1) is 16.3. The van der Waals surface area contributed by atoms with Gasteiger partial charge in [0, 0.05) is 11.0 Å². The smallest absolute Gasteiger partial charge is 0.310 e. The van der Waals surface area contributed by atoms with Gasteiger partial charge in [0.15, 0.2) is 0 Å². The van der Waals surface area contributed by atoms with E-state index in [1.165, 1.54) is 19.2 Å². The third kappa shape index (κ3) is 3.63. The molecule has 1 heterocycles. The number of nitrogens with zero attached hydrogens (tertiary/aromatic N) is 2. The highest BCUT2D eigenvalue weighted by molar-refractivity contribution is 5.73. The number of methoxy groups -OCH3 is 1. The molecule has 0 saturated heterocycles. The molecule has 172 valence electrons. The van der Waals surface area contributed by atoms with Crippen LogP contribution in [-0.2, 0) is 22.4 Å². The number of fused-ring (bicyclic) bond motifs is 2. The Kier molecular flexibility index (Phi) is 5.38. The number of carbonyl (C=O) groups is 1. The van der Waals surface area contributed by atoms with E-state index in [0.717, 1.165) is 34.5 Å². The lowest BCUT2D eigenvalue weighted by Gasteiger charge is -2.39. The number of hydrogen-bond donors (Lipinski definition) is 1. The van der Waals surface area contributed by atoms with Crippen molar-refractivity contribution in [1.29, 1.82) is 0 Å². The summed E-state index contributed by atoms with van der Waals surface area (Å²) in [5.41, 5.74) is 3.61. The molecule has 0 bridgehead atoms. The number of aliphatic hydroxyl groups is 1. The second kappa shape index (κ2) is 8.27. The molecular formula is C28H25FN2O3. The minimum Gasteiger partial charge on any atom is -0.469 e. The van der Waals surface area contributed by atoms with Crippen LogP contribution in [0.1, 0.15) is 42.1 Å². The Labute approximate surface area is 197 Å². The van der Waals surface area contributed by atoms with Crippen molar-refractivity contribution in [3.8, 4) is 17.5 Å². The minimum absolute atomic E-state index is 0.133. The zero-order valence-electron chi connectivity index (χ0n) is 19.1. The van der Waals surface area contributed by atoms with Crippen molar-refractivity contribution >= 4 is 12.0 Å². The lowest BCUT2D eigenvalue weighted by Crippen LogP contribution is -2.44. The molecule has 0 amide bonds. The monoisotopic (exact) mass is 456 g/mol. The summed E-state index contributed by atoms with van der Waals surface area (Å²) in [4.78, 5) is 11.8. The third-order valence-corrected chi connectivity index (χ3v) is 7.17. The van der Waals surface area contributed by atoms with E-state index in [4.69, 9.17) is 4.74 Å². The first-order valence-electron chi connectivity index (χ1n) is 11.3. The quantitative estimate of drug-likeness (QED) is 0.473. The third-order valence-electron chi connectivity index (χ3n) is 7.17. The predicted molar refractivity (Wildman–Crippen MR) is 127 cm³/mol. The second-order valence-corrected chi connectivity index (χ2v) is 9.14. The average molecular weight is 457 g/mol. The van der Waals surface area contributed by atoms with E-state index >= 15 is 0 Å². The van der Waals surface area contributed by atoms with Crippen molar-refractivity contribution in [3.63, 3.8) is 0 Å². The summed E-state index contributed by atoms with van der Waals surface area (Å²) >= 11 is 0. The maximum atomic E-state index is 13.4. The predicted octanol–water partition coefficient (Wildman–Crippen LogP) is 4.25. The summed E-state index contributed by atoms with van der Waals surface area (Å²) in [6.07, 6.45) is 5.89. The summed E-state index contributed by atoms with van der Waals surface area (Å²) < 4.78 is 20.0. The SMILES string of the molecule is COC(=O)Cc1ccccc1C#C[C@]1(O)CCC2=Cc3c(cnn3-c3ccc(F)cc3)C[C@@]21C. The number of carbonyl (C=O) groups excluding carboxylic acids is 1. The van der Waals surface area contributed by atoms with Crippen molar-refractivity contribution in [1.82, 2.24) is 9.78 Å². The standard InChI is InChI=1S/C28H25FN2O3/c1-27-17-21-18-30-31(24-9-7-23(29)8-10-24)25(21)16-22(27)12-14-28(27,33)13-11-19-5-3-4-6-20(19)15-26(32)34-2/h3-10,16,18,33H,12,14-15,17H2,1-2H3/t27-,28-/m0/s1. The molecule has 5 nitrogen and oxygen atoms in total. The molecule has 0 spiro atoms. The van der Waals surface area contributed by atoms with Gasteiger partial charge in [-0.2, -0.15) is 5.10 Å². The maximum Gasteiger partial charge on any atom is 0.310 e. The van der Waals surface area contributed by atoms with Crippen molar-refractivity contribution in [3.05, 3.63) is 88.5 Å². The Morgan fingerprint density at radius 2 is 2.00 bits per heavy atom. The molecule has 5 rings (SSSR count). The zero-order valence-corrected chi connectivity index (χ0v) is 19.1. The molecule has 2 aromatic carbocycles. The topological polar surface area (TPSA) is 64.3 Å². The van der Waals surface area contributed by atoms with Crippen LogP contribution in [-0.4, -0.2) is 33.6 Å². The van der Waals surface area contributed by atoms with Crippen LogP contribution in [0.2, 0.25) is 0 Å². The molecule has 0 unspecified atom stereocenters. The number of ether oxygens (including phenoxy) is 1. The molecule has 2 aliphatic rings. The highest BCUT2D eigenvalue weighted by atomic mass is 19.1. The molecule has 1 fully saturated rings. The van der Waals surface area contributed by atoms with Crippen molar-refractivity contribution in [2.24, 2.45) is 5.41 Å². The Balaban J connectivity index is 1.48. The van der Waals surface area contributed by atoms with Crippen molar-refractivity contribution in [2.75, 3.05) is 7.11 Å². The van der Waals surface area contributed by atoms with Crippen LogP contribution >= 0.6 is 0 Å². The fourth-order valence-corrected chi connectivity index (χ4v) is 5.04. The van der Waals surface area contributed by atoms with Gasteiger partial charge in [-0.25, -0.2) is 9.07 Å². The van der Waals surface area contributed by atoms with Crippen LogP contribution < -0.4 is 0 Å². The van der Waals surface area contributed by atoms with Crippen LogP contribution in [0.25, 0.3) is 11.8 Å². The largest absolute Gasteiger partial charge is 0.469 e. The highest BCUT2D eigenvalue weighted by Crippen LogP contribution is 2.55. The first kappa shape index (κ1) is 22.1. The summed E-state index contributed by atoms with van der Waals surface area (Å²) in [5, 5.41) is 16.3. The van der Waals surface area contributed by atoms with Crippen molar-refractivity contribution < 1.29 is 19.0 Å². The van der Waals surface area contributed by atoms with E-state index in [-0.39, 0.29) is 18.2 Å². The number of benzene rings is 2. The molecule has 1 N–H and O–H groups in total. The minimum atomic E-state index is -1.22. The summed E-state index contributed by atoms with van der Waals surface area (Å²) in [6, 6.07) is 13.7. The van der Waals surface area contributed by atoms with Gasteiger partial charge in [-0.1, -0.05) is 42.5 Å². The van der Waals surface area contributed by atoms with Gasteiger partial charge in [0.05, 0.1) is 31.1 Å². The van der Waals surface area contributed by atoms with E-state index in [0.29, 0.717) is 18.4 Å². The maximum absolute atomic E-state index is 13.4. The van der Waals surface area contributed by atoms with E-state index in [9.17, 15) is 14.3 Å². The van der Waals surface area contributed by atoms with E-state index < -0.39 is 11.0 Å². The lowest BCUT2D eigenvalue weighted by molar-refractivity contribution is -0.139. The number of esters is 1. The summed E-state index contributed by atoms with van der Waals surface area (Å²) in [6.45, 7) is 2.05. The molecule has 34 heavy (non-hydrogen) atoms. The fourth-order valence-electron chi connectivity index (χ4n) is 5.04. The van der Waals surface area contributed by atoms with Crippen LogP contribution in [0.4, 0.5) is 4.39 Å². The normalized spacial score (nSPS) is 22.8. The number of aromatic nitrogens is 2. The van der Waals surface area contributed by atoms with Crippen LogP contribution in [0.15, 0.2) is 60.3 Å². The van der Waals surface area contributed by atoms with Gasteiger partial charge < -0.3 is 9.84 Å². The molecule has 1 aromatic heterocycles. The summed E-state index contributed by atoms with van der Waals surface area (Å²) in [5.74, 6) is 5.70. The average Bonchev–Trinajstić information content (AvgIpc) is 3.35. The Hall–Kier alpha value is -3.69. The van der Waals surface area contributed by atoms with Gasteiger partial charge >= 0.3 is 5.97 Å². The molecule has 2 aliphatic carbocycles. The van der Waals surface area contributed by atoms with Gasteiger partial charge in [0.25, 0.3) is 0 Å². The van der Waals surface area contributed by atoms with Gasteiger partial charge in [-0.05, 0) is 66.8 Å². The number of halogens is 1. The summed E-state index contributed by atoms with van der Waals surface area (Å²) in [7, 11) is 1.36. The highest BCUT2D eigenvalue weighted by Gasteiger charge is 2.54. The second-order valence-electron chi connectivity index (χ2n) is 9.14. The number of rotatable bonds is 3. The van der Waals surface area contributed by atoms with E-state index in [1.54, 1.807) is 12.1 Å². The molecule has 1 saturated carbocycles. The molecule has 3 aromatic rings. The van der Waals surface area contributed by atoms with Gasteiger partial charge in [0.1, 0.15) is 11.4 Å². The Morgan fingerprint density at radius 3 is 2.76 bits per heavy atom. The molecule has 2 atom stereocenters. The van der Waals surface area contributed by atoms with Crippen LogP contribution in [0, 0.1) is 23.1 Å². The number of hydrogen-bond acceptors (Lipinski definition) is 4. The first-order valence-corrected chi connectivity index (χ1v) is 11.3. The molecule has 0 aliphatic heterocycles. The van der Waals surface area contributed by atoms with Crippen LogP contribution in [0.5, 0.6) is 0 Å².